The smallest absolute Gasteiger partial charge is 0.323 e. The van der Waals surface area contributed by atoms with Crippen molar-refractivity contribution in [1.29, 1.82) is 0 Å². The minimum atomic E-state index is -0.810. The number of benzene rings is 5. The highest BCUT2D eigenvalue weighted by Gasteiger charge is 2.15. The highest BCUT2D eigenvalue weighted by atomic mass is 16.5. The SMILES string of the molecule is O=C(Nc1cccc(CCNCC(O)c2ccc(OCc3ccccc3)c3[nH]c(=O)ccc23)c1)Nc1cccc(Oc2ccccc2)c1. The first-order chi connectivity index (χ1) is 23.5. The molecular weight excluding hydrogens is 604 g/mol. The molecular formula is C39H36N4O5. The van der Waals surface area contributed by atoms with Gasteiger partial charge in [-0.05, 0) is 78.2 Å². The van der Waals surface area contributed by atoms with Gasteiger partial charge in [-0.3, -0.25) is 4.79 Å². The Morgan fingerprint density at radius 2 is 1.42 bits per heavy atom. The molecule has 0 aliphatic heterocycles. The number of rotatable bonds is 13. The number of hydrogen-bond acceptors (Lipinski definition) is 6. The van der Waals surface area contributed by atoms with Gasteiger partial charge in [0.2, 0.25) is 5.56 Å². The number of aliphatic hydroxyl groups is 1. The van der Waals surface area contributed by atoms with E-state index in [0.29, 0.717) is 65.8 Å². The van der Waals surface area contributed by atoms with Gasteiger partial charge in [0.05, 0.1) is 11.6 Å². The zero-order chi connectivity index (χ0) is 33.1. The third-order valence-electron chi connectivity index (χ3n) is 7.67. The number of carbonyl (C=O) groups excluding carboxylic acids is 1. The van der Waals surface area contributed by atoms with Crippen LogP contribution < -0.4 is 31.0 Å². The summed E-state index contributed by atoms with van der Waals surface area (Å²) >= 11 is 0. The van der Waals surface area contributed by atoms with Crippen molar-refractivity contribution in [2.24, 2.45) is 0 Å². The maximum absolute atomic E-state index is 12.7. The lowest BCUT2D eigenvalue weighted by atomic mass is 10.0. The van der Waals surface area contributed by atoms with Crippen LogP contribution in [0.3, 0.4) is 0 Å². The van der Waals surface area contributed by atoms with E-state index in [-0.39, 0.29) is 11.6 Å². The summed E-state index contributed by atoms with van der Waals surface area (Å²) in [6, 6.07) is 40.5. The van der Waals surface area contributed by atoms with Crippen LogP contribution in [0.5, 0.6) is 17.2 Å². The molecule has 6 rings (SSSR count). The predicted molar refractivity (Wildman–Crippen MR) is 189 cm³/mol. The van der Waals surface area contributed by atoms with E-state index >= 15 is 0 Å². The van der Waals surface area contributed by atoms with Crippen molar-refractivity contribution in [3.63, 3.8) is 0 Å². The molecule has 0 spiro atoms. The van der Waals surface area contributed by atoms with Gasteiger partial charge in [-0.15, -0.1) is 0 Å². The van der Waals surface area contributed by atoms with Gasteiger partial charge in [0, 0.05) is 35.4 Å². The minimum Gasteiger partial charge on any atom is -0.487 e. The van der Waals surface area contributed by atoms with E-state index in [1.165, 1.54) is 6.07 Å². The number of pyridine rings is 1. The van der Waals surface area contributed by atoms with Crippen molar-refractivity contribution in [2.75, 3.05) is 23.7 Å². The second-order valence-electron chi connectivity index (χ2n) is 11.2. The van der Waals surface area contributed by atoms with E-state index in [0.717, 1.165) is 16.5 Å². The summed E-state index contributed by atoms with van der Waals surface area (Å²) in [5, 5.41) is 20.9. The molecule has 48 heavy (non-hydrogen) atoms. The number of urea groups is 1. The average Bonchev–Trinajstić information content (AvgIpc) is 3.10. The van der Waals surface area contributed by atoms with Crippen molar-refractivity contribution >= 4 is 28.3 Å². The topological polar surface area (TPSA) is 125 Å². The standard InChI is InChI=1S/C39H36N4O5/c44-35(33-17-19-36(38-34(33)18-20-37(45)43-38)47-26-28-9-3-1-4-10-28)25-40-22-21-27-11-7-12-29(23-27)41-39(46)42-30-13-8-16-32(24-30)48-31-14-5-2-6-15-31/h1-20,23-24,35,40,44H,21-22,25-26H2,(H,43,45)(H2,41,42,46). The first-order valence-electron chi connectivity index (χ1n) is 15.7. The van der Waals surface area contributed by atoms with Crippen molar-refractivity contribution in [1.82, 2.24) is 10.3 Å². The lowest BCUT2D eigenvalue weighted by Crippen LogP contribution is -2.24. The predicted octanol–water partition coefficient (Wildman–Crippen LogP) is 7.41. The van der Waals surface area contributed by atoms with Crippen LogP contribution in [0.4, 0.5) is 16.2 Å². The molecule has 1 unspecified atom stereocenters. The lowest BCUT2D eigenvalue weighted by Gasteiger charge is -2.17. The number of hydrogen-bond donors (Lipinski definition) is 5. The van der Waals surface area contributed by atoms with Gasteiger partial charge in [0.25, 0.3) is 0 Å². The number of nitrogens with one attached hydrogen (secondary N) is 4. The summed E-state index contributed by atoms with van der Waals surface area (Å²) < 4.78 is 11.9. The van der Waals surface area contributed by atoms with Crippen LogP contribution in [0, 0.1) is 0 Å². The highest BCUT2D eigenvalue weighted by Crippen LogP contribution is 2.30. The summed E-state index contributed by atoms with van der Waals surface area (Å²) in [5.41, 5.74) is 4.30. The molecule has 0 aliphatic rings. The zero-order valence-corrected chi connectivity index (χ0v) is 26.2. The van der Waals surface area contributed by atoms with Gasteiger partial charge in [0.15, 0.2) is 0 Å². The molecule has 0 fully saturated rings. The number of amides is 2. The van der Waals surface area contributed by atoms with E-state index in [2.05, 4.69) is 20.9 Å². The molecule has 9 nitrogen and oxygen atoms in total. The number of aromatic nitrogens is 1. The third-order valence-corrected chi connectivity index (χ3v) is 7.67. The summed E-state index contributed by atoms with van der Waals surface area (Å²) in [7, 11) is 0. The Bertz CT molecular complexity index is 2030. The number of fused-ring (bicyclic) bond motifs is 1. The Hall–Kier alpha value is -5.90. The van der Waals surface area contributed by atoms with Crippen LogP contribution >= 0.6 is 0 Å². The Morgan fingerprint density at radius 1 is 0.729 bits per heavy atom. The molecule has 5 N–H and O–H groups in total. The second kappa shape index (κ2) is 15.6. The zero-order valence-electron chi connectivity index (χ0n) is 26.2. The quantitative estimate of drug-likeness (QED) is 0.0838. The molecule has 6 aromatic rings. The minimum absolute atomic E-state index is 0.242. The Balaban J connectivity index is 1.00. The highest BCUT2D eigenvalue weighted by molar-refractivity contribution is 5.99. The number of ether oxygens (including phenoxy) is 2. The molecule has 0 saturated heterocycles. The van der Waals surface area contributed by atoms with E-state index in [9.17, 15) is 14.7 Å². The fourth-order valence-electron chi connectivity index (χ4n) is 5.34. The van der Waals surface area contributed by atoms with Crippen molar-refractivity contribution < 1.29 is 19.4 Å². The number of aromatic amines is 1. The lowest BCUT2D eigenvalue weighted by molar-refractivity contribution is 0.176. The maximum Gasteiger partial charge on any atom is 0.323 e. The Kier molecular flexibility index (Phi) is 10.4. The summed E-state index contributed by atoms with van der Waals surface area (Å²) in [5.74, 6) is 1.87. The normalized spacial score (nSPS) is 11.5. The van der Waals surface area contributed by atoms with Crippen molar-refractivity contribution in [2.45, 2.75) is 19.1 Å². The number of H-pyrrole nitrogens is 1. The van der Waals surface area contributed by atoms with Gasteiger partial charge < -0.3 is 35.5 Å². The van der Waals surface area contributed by atoms with Crippen LogP contribution in [0.2, 0.25) is 0 Å². The van der Waals surface area contributed by atoms with Crippen LogP contribution in [-0.4, -0.2) is 29.2 Å². The molecule has 0 saturated carbocycles. The van der Waals surface area contributed by atoms with Crippen LogP contribution in [-0.2, 0) is 13.0 Å². The molecule has 0 bridgehead atoms. The molecule has 0 aliphatic carbocycles. The fourth-order valence-corrected chi connectivity index (χ4v) is 5.34. The first-order valence-corrected chi connectivity index (χ1v) is 15.7. The second-order valence-corrected chi connectivity index (χ2v) is 11.2. The molecule has 1 aromatic heterocycles. The summed E-state index contributed by atoms with van der Waals surface area (Å²) in [6.45, 7) is 1.27. The van der Waals surface area contributed by atoms with E-state index < -0.39 is 6.10 Å². The monoisotopic (exact) mass is 640 g/mol. The molecule has 1 atom stereocenters. The van der Waals surface area contributed by atoms with Gasteiger partial charge in [-0.1, -0.05) is 72.8 Å². The molecule has 9 heteroatoms. The fraction of sp³-hybridized carbons (Fsp3) is 0.128. The number of carbonyl (C=O) groups is 1. The molecule has 1 heterocycles. The van der Waals surface area contributed by atoms with Gasteiger partial charge in [0.1, 0.15) is 23.9 Å². The first kappa shape index (κ1) is 32.1. The van der Waals surface area contributed by atoms with Gasteiger partial charge >= 0.3 is 6.03 Å². The third kappa shape index (κ3) is 8.67. The maximum atomic E-state index is 12.7. The van der Waals surface area contributed by atoms with Crippen LogP contribution in [0.25, 0.3) is 10.9 Å². The summed E-state index contributed by atoms with van der Waals surface area (Å²) in [4.78, 5) is 27.8. The van der Waals surface area contributed by atoms with E-state index in [1.54, 1.807) is 24.3 Å². The molecule has 0 radical (unpaired) electrons. The number of para-hydroxylation sites is 1. The number of aliphatic hydroxyl groups excluding tert-OH is 1. The van der Waals surface area contributed by atoms with Crippen LogP contribution in [0.15, 0.2) is 138 Å². The van der Waals surface area contributed by atoms with Crippen molar-refractivity contribution in [3.05, 3.63) is 161 Å². The molecule has 5 aromatic carbocycles. The molecule has 242 valence electrons. The van der Waals surface area contributed by atoms with Gasteiger partial charge in [-0.2, -0.15) is 0 Å². The van der Waals surface area contributed by atoms with Crippen LogP contribution in [0.1, 0.15) is 22.8 Å². The Morgan fingerprint density at radius 3 is 2.21 bits per heavy atom. The number of anilines is 2. The van der Waals surface area contributed by atoms with E-state index in [4.69, 9.17) is 9.47 Å². The summed E-state index contributed by atoms with van der Waals surface area (Å²) in [6.07, 6.45) is -0.127. The average molecular weight is 641 g/mol. The largest absolute Gasteiger partial charge is 0.487 e. The van der Waals surface area contributed by atoms with Crippen molar-refractivity contribution in [3.8, 4) is 17.2 Å². The van der Waals surface area contributed by atoms with E-state index in [1.807, 2.05) is 103 Å². The van der Waals surface area contributed by atoms with Gasteiger partial charge in [-0.25, -0.2) is 4.79 Å². The Labute approximate surface area is 278 Å². The molecule has 2 amide bonds.